The number of carbonyl (C=O) groups excluding carboxylic acids is 1. The maximum Gasteiger partial charge on any atom is 0.274 e. The van der Waals surface area contributed by atoms with Crippen molar-refractivity contribution in [2.75, 3.05) is 0 Å². The molecule has 2 aromatic rings. The molecule has 32 heavy (non-hydrogen) atoms. The first-order chi connectivity index (χ1) is 15.2. The largest absolute Gasteiger partial charge is 0.382 e. The molecule has 2 aromatic heterocycles. The number of rotatable bonds is 4. The first kappa shape index (κ1) is 21.3. The summed E-state index contributed by atoms with van der Waals surface area (Å²) in [5, 5.41) is 17.3. The first-order valence-corrected chi connectivity index (χ1v) is 11.3. The molecule has 0 radical (unpaired) electrons. The number of fused-ring (bicyclic) bond motifs is 1. The maximum absolute atomic E-state index is 13.6. The standard InChI is InChI=1S/C22H26ClFN6O2/c1-29-11-26-18(19(29)20(31)28-15-3-4-17(24)16(23)7-15)12-5-13-8-22(32,9-14(13)6-12)21-25-10-27-30(21)2/h3-4,7,10-14,16-17,32H,5-6,8-9H2,1-2H3,(H,28,31). The van der Waals surface area contributed by atoms with Gasteiger partial charge in [0.05, 0.1) is 17.4 Å². The van der Waals surface area contributed by atoms with Crippen LogP contribution in [0, 0.1) is 11.8 Å². The summed E-state index contributed by atoms with van der Waals surface area (Å²) < 4.78 is 16.9. The van der Waals surface area contributed by atoms with Gasteiger partial charge in [0.15, 0.2) is 5.82 Å². The number of allylic oxidation sites excluding steroid dienone is 3. The van der Waals surface area contributed by atoms with Crippen LogP contribution in [-0.2, 0) is 19.7 Å². The molecule has 2 N–H and O–H groups in total. The van der Waals surface area contributed by atoms with E-state index in [1.165, 1.54) is 24.6 Å². The van der Waals surface area contributed by atoms with Gasteiger partial charge in [-0.1, -0.05) is 0 Å². The Morgan fingerprint density at radius 3 is 2.62 bits per heavy atom. The number of halogens is 2. The quantitative estimate of drug-likeness (QED) is 0.683. The summed E-state index contributed by atoms with van der Waals surface area (Å²) in [6.07, 6.45) is 9.23. The van der Waals surface area contributed by atoms with Crippen LogP contribution in [0.25, 0.3) is 0 Å². The zero-order valence-corrected chi connectivity index (χ0v) is 18.7. The second-order valence-corrected chi connectivity index (χ2v) is 9.75. The van der Waals surface area contributed by atoms with E-state index >= 15 is 0 Å². The lowest BCUT2D eigenvalue weighted by atomic mass is 9.91. The Bertz CT molecular complexity index is 1090. The van der Waals surface area contributed by atoms with Gasteiger partial charge < -0.3 is 15.0 Å². The minimum Gasteiger partial charge on any atom is -0.382 e. The summed E-state index contributed by atoms with van der Waals surface area (Å²) in [6.45, 7) is 0. The lowest BCUT2D eigenvalue weighted by molar-refractivity contribution is 0.0219. The molecular formula is C22H26ClFN6O2. The minimum atomic E-state index is -1.26. The number of aromatic nitrogens is 5. The van der Waals surface area contributed by atoms with Crippen LogP contribution in [0.2, 0.25) is 0 Å². The minimum absolute atomic E-state index is 0.142. The summed E-state index contributed by atoms with van der Waals surface area (Å²) in [7, 11) is 3.59. The van der Waals surface area contributed by atoms with Gasteiger partial charge in [0.1, 0.15) is 23.8 Å². The topological polar surface area (TPSA) is 97.9 Å². The highest BCUT2D eigenvalue weighted by Crippen LogP contribution is 2.56. The monoisotopic (exact) mass is 460 g/mol. The third-order valence-corrected chi connectivity index (χ3v) is 7.46. The van der Waals surface area contributed by atoms with E-state index in [1.54, 1.807) is 29.7 Å². The molecule has 0 spiro atoms. The second kappa shape index (κ2) is 7.81. The van der Waals surface area contributed by atoms with Crippen molar-refractivity contribution in [3.8, 4) is 0 Å². The zero-order chi connectivity index (χ0) is 22.6. The Kier molecular flexibility index (Phi) is 5.21. The average molecular weight is 461 g/mol. The fourth-order valence-corrected chi connectivity index (χ4v) is 5.92. The van der Waals surface area contributed by atoms with Crippen molar-refractivity contribution in [2.24, 2.45) is 25.9 Å². The number of aryl methyl sites for hydroxylation is 2. The van der Waals surface area contributed by atoms with E-state index in [2.05, 4.69) is 20.4 Å². The Balaban J connectivity index is 1.31. The molecule has 2 saturated carbocycles. The molecule has 2 fully saturated rings. The Labute approximate surface area is 190 Å². The van der Waals surface area contributed by atoms with Gasteiger partial charge in [-0.05, 0) is 55.7 Å². The molecule has 5 rings (SSSR count). The van der Waals surface area contributed by atoms with Crippen LogP contribution in [0.15, 0.2) is 36.6 Å². The normalized spacial score (nSPS) is 33.9. The third-order valence-electron chi connectivity index (χ3n) is 7.10. The molecule has 0 aromatic carbocycles. The summed E-state index contributed by atoms with van der Waals surface area (Å²) in [5.41, 5.74) is 0.796. The number of hydrogen-bond donors (Lipinski definition) is 2. The Morgan fingerprint density at radius 1 is 1.28 bits per heavy atom. The highest BCUT2D eigenvalue weighted by molar-refractivity contribution is 6.22. The van der Waals surface area contributed by atoms with Crippen molar-refractivity contribution in [1.82, 2.24) is 29.6 Å². The molecule has 4 atom stereocenters. The number of hydrogen-bond acceptors (Lipinski definition) is 5. The second-order valence-electron chi connectivity index (χ2n) is 9.25. The van der Waals surface area contributed by atoms with Crippen LogP contribution in [0.3, 0.4) is 0 Å². The molecule has 8 nitrogen and oxygen atoms in total. The van der Waals surface area contributed by atoms with E-state index in [-0.39, 0.29) is 11.8 Å². The van der Waals surface area contributed by atoms with Gasteiger partial charge in [0.25, 0.3) is 5.91 Å². The van der Waals surface area contributed by atoms with Crippen LogP contribution in [0.5, 0.6) is 0 Å². The Morgan fingerprint density at radius 2 is 2.00 bits per heavy atom. The van der Waals surface area contributed by atoms with Gasteiger partial charge in [-0.2, -0.15) is 5.10 Å². The summed E-state index contributed by atoms with van der Waals surface area (Å²) in [6, 6.07) is 0. The SMILES string of the molecule is Cn1cnc(C2CC3CC(O)(c4ncnn4C)CC3C2)c1C(=O)NC1=CC(Cl)C(F)C=C1. The van der Waals surface area contributed by atoms with Crippen LogP contribution < -0.4 is 5.32 Å². The predicted molar refractivity (Wildman–Crippen MR) is 116 cm³/mol. The molecule has 0 bridgehead atoms. The fourth-order valence-electron chi connectivity index (χ4n) is 5.70. The van der Waals surface area contributed by atoms with Crippen LogP contribution in [0.1, 0.15) is 53.6 Å². The molecule has 0 saturated heterocycles. The molecule has 10 heteroatoms. The highest BCUT2D eigenvalue weighted by Gasteiger charge is 2.52. The van der Waals surface area contributed by atoms with Gasteiger partial charge >= 0.3 is 0 Å². The van der Waals surface area contributed by atoms with E-state index in [9.17, 15) is 14.3 Å². The van der Waals surface area contributed by atoms with Crippen molar-refractivity contribution in [3.63, 3.8) is 0 Å². The van der Waals surface area contributed by atoms with Crippen LogP contribution >= 0.6 is 11.6 Å². The van der Waals surface area contributed by atoms with Crippen LogP contribution in [0.4, 0.5) is 4.39 Å². The van der Waals surface area contributed by atoms with Crippen LogP contribution in [-0.4, -0.2) is 46.9 Å². The van der Waals surface area contributed by atoms with Crippen molar-refractivity contribution in [1.29, 1.82) is 0 Å². The molecule has 2 heterocycles. The predicted octanol–water partition coefficient (Wildman–Crippen LogP) is 2.47. The van der Waals surface area contributed by atoms with E-state index in [4.69, 9.17) is 11.6 Å². The van der Waals surface area contributed by atoms with Crippen molar-refractivity contribution >= 4 is 17.5 Å². The van der Waals surface area contributed by atoms with Gasteiger partial charge in [0.2, 0.25) is 0 Å². The maximum atomic E-state index is 13.6. The smallest absolute Gasteiger partial charge is 0.274 e. The summed E-state index contributed by atoms with van der Waals surface area (Å²) in [5.74, 6) is 1.14. The molecule has 1 amide bonds. The number of alkyl halides is 2. The lowest BCUT2D eigenvalue weighted by Gasteiger charge is -2.23. The van der Waals surface area contributed by atoms with Gasteiger partial charge in [-0.25, -0.2) is 14.4 Å². The Hall–Kier alpha value is -2.52. The van der Waals surface area contributed by atoms with Crippen molar-refractivity contribution < 1.29 is 14.3 Å². The van der Waals surface area contributed by atoms with E-state index < -0.39 is 17.1 Å². The first-order valence-electron chi connectivity index (χ1n) is 10.8. The number of aliphatic hydroxyl groups is 1. The highest BCUT2D eigenvalue weighted by atomic mass is 35.5. The number of amides is 1. The van der Waals surface area contributed by atoms with E-state index in [0.717, 1.165) is 18.5 Å². The molecule has 3 aliphatic rings. The van der Waals surface area contributed by atoms with E-state index in [0.29, 0.717) is 41.9 Å². The average Bonchev–Trinajstić information content (AvgIpc) is 3.47. The fraction of sp³-hybridized carbons (Fsp3) is 0.545. The summed E-state index contributed by atoms with van der Waals surface area (Å²) >= 11 is 5.96. The molecular weight excluding hydrogens is 435 g/mol. The number of nitrogens with zero attached hydrogens (tertiary/aromatic N) is 5. The number of nitrogens with one attached hydrogen (secondary N) is 1. The van der Waals surface area contributed by atoms with Gasteiger partial charge in [-0.15, -0.1) is 11.6 Å². The van der Waals surface area contributed by atoms with Gasteiger partial charge in [-0.3, -0.25) is 9.48 Å². The van der Waals surface area contributed by atoms with Gasteiger partial charge in [0, 0.05) is 25.7 Å². The van der Waals surface area contributed by atoms with Crippen molar-refractivity contribution in [3.05, 3.63) is 53.8 Å². The summed E-state index contributed by atoms with van der Waals surface area (Å²) in [4.78, 5) is 21.9. The number of imidazole rings is 1. The third kappa shape index (κ3) is 3.57. The molecule has 170 valence electrons. The van der Waals surface area contributed by atoms with Crippen molar-refractivity contribution in [2.45, 2.75) is 48.8 Å². The molecule has 3 aliphatic carbocycles. The zero-order valence-electron chi connectivity index (χ0n) is 17.9. The molecule has 4 unspecified atom stereocenters. The van der Waals surface area contributed by atoms with E-state index in [1.807, 2.05) is 0 Å². The molecule has 0 aliphatic heterocycles. The lowest BCUT2D eigenvalue weighted by Crippen LogP contribution is -2.29. The number of carbonyl (C=O) groups is 1.